The highest BCUT2D eigenvalue weighted by Crippen LogP contribution is 2.28. The number of nitrogens with zero attached hydrogens (tertiary/aromatic N) is 3. The van der Waals surface area contributed by atoms with E-state index in [2.05, 4.69) is 44.0 Å². The minimum Gasteiger partial charge on any atom is -0.497 e. The molecule has 0 aliphatic heterocycles. The van der Waals surface area contributed by atoms with Crippen LogP contribution in [0.3, 0.4) is 0 Å². The molecule has 1 aromatic heterocycles. The van der Waals surface area contributed by atoms with Gasteiger partial charge in [0.25, 0.3) is 0 Å². The molecular formula is C23H33N3O4. The van der Waals surface area contributed by atoms with Crippen LogP contribution in [0.4, 0.5) is 0 Å². The molecule has 1 heterocycles. The number of benzene rings is 1. The smallest absolute Gasteiger partial charge is 0.247 e. The third-order valence-electron chi connectivity index (χ3n) is 5.09. The lowest BCUT2D eigenvalue weighted by atomic mass is 9.86. The van der Waals surface area contributed by atoms with Gasteiger partial charge in [0.1, 0.15) is 11.9 Å². The highest BCUT2D eigenvalue weighted by atomic mass is 16.5. The first-order valence-electron chi connectivity index (χ1n) is 10.3. The van der Waals surface area contributed by atoms with E-state index in [4.69, 9.17) is 13.9 Å². The van der Waals surface area contributed by atoms with E-state index in [0.29, 0.717) is 24.1 Å². The Morgan fingerprint density at radius 3 is 2.70 bits per heavy atom. The number of hydrogen-bond acceptors (Lipinski definition) is 6. The summed E-state index contributed by atoms with van der Waals surface area (Å²) in [7, 11) is 1.61. The van der Waals surface area contributed by atoms with E-state index in [-0.39, 0.29) is 18.1 Å². The summed E-state index contributed by atoms with van der Waals surface area (Å²) in [5.74, 6) is 2.46. The molecule has 0 saturated heterocycles. The van der Waals surface area contributed by atoms with E-state index >= 15 is 0 Å². The molecule has 0 fully saturated rings. The molecule has 0 N–H and O–H groups in total. The molecule has 0 spiro atoms. The first-order valence-corrected chi connectivity index (χ1v) is 10.3. The lowest BCUT2D eigenvalue weighted by Crippen LogP contribution is -2.40. The summed E-state index contributed by atoms with van der Waals surface area (Å²) in [6.45, 7) is 11.1. The number of allylic oxidation sites excluding steroid dienone is 2. The van der Waals surface area contributed by atoms with Gasteiger partial charge in [-0.15, -0.1) is 10.2 Å². The Morgan fingerprint density at radius 2 is 2.07 bits per heavy atom. The van der Waals surface area contributed by atoms with Crippen molar-refractivity contribution in [2.24, 2.45) is 5.41 Å². The average Bonchev–Trinajstić information content (AvgIpc) is 3.21. The lowest BCUT2D eigenvalue weighted by Gasteiger charge is -2.35. The summed E-state index contributed by atoms with van der Waals surface area (Å²) in [6.07, 6.45) is 4.63. The van der Waals surface area contributed by atoms with Gasteiger partial charge in [-0.05, 0) is 37.6 Å². The molecule has 0 saturated carbocycles. The van der Waals surface area contributed by atoms with E-state index in [0.717, 1.165) is 30.6 Å². The van der Waals surface area contributed by atoms with E-state index in [1.807, 2.05) is 31.2 Å². The molecule has 0 bridgehead atoms. The maximum atomic E-state index is 11.7. The third-order valence-corrected chi connectivity index (χ3v) is 5.09. The van der Waals surface area contributed by atoms with Crippen molar-refractivity contribution in [3.8, 4) is 17.2 Å². The van der Waals surface area contributed by atoms with Crippen molar-refractivity contribution in [2.75, 3.05) is 13.7 Å². The highest BCUT2D eigenvalue weighted by molar-refractivity contribution is 5.55. The van der Waals surface area contributed by atoms with Gasteiger partial charge in [0.2, 0.25) is 18.2 Å². The zero-order valence-corrected chi connectivity index (χ0v) is 18.8. The first kappa shape index (κ1) is 23.4. The van der Waals surface area contributed by atoms with Gasteiger partial charge >= 0.3 is 0 Å². The highest BCUT2D eigenvalue weighted by Gasteiger charge is 2.30. The van der Waals surface area contributed by atoms with Gasteiger partial charge in [0.15, 0.2) is 0 Å². The Balaban J connectivity index is 2.05. The number of aromatic nitrogens is 2. The van der Waals surface area contributed by atoms with Crippen molar-refractivity contribution in [1.82, 2.24) is 15.1 Å². The molecule has 0 aliphatic carbocycles. The summed E-state index contributed by atoms with van der Waals surface area (Å²) < 4.78 is 17.1. The average molecular weight is 416 g/mol. The molecule has 2 aromatic rings. The molecule has 0 aliphatic rings. The predicted molar refractivity (Wildman–Crippen MR) is 116 cm³/mol. The van der Waals surface area contributed by atoms with Crippen LogP contribution in [0.1, 0.15) is 53.4 Å². The maximum Gasteiger partial charge on any atom is 0.247 e. The van der Waals surface area contributed by atoms with Gasteiger partial charge in [-0.2, -0.15) is 0 Å². The van der Waals surface area contributed by atoms with Crippen LogP contribution in [0.2, 0.25) is 0 Å². The van der Waals surface area contributed by atoms with Crippen LogP contribution in [0.25, 0.3) is 11.5 Å². The molecule has 1 atom stereocenters. The van der Waals surface area contributed by atoms with Crippen LogP contribution in [-0.2, 0) is 16.1 Å². The van der Waals surface area contributed by atoms with Crippen LogP contribution in [0.15, 0.2) is 40.5 Å². The fourth-order valence-electron chi connectivity index (χ4n) is 3.04. The molecule has 1 unspecified atom stereocenters. The first-order chi connectivity index (χ1) is 14.3. The lowest BCUT2D eigenvalue weighted by molar-refractivity contribution is -0.121. The molecule has 1 amide bonds. The summed E-state index contributed by atoms with van der Waals surface area (Å²) in [6, 6.07) is 7.40. The number of methoxy groups -OCH3 is 1. The van der Waals surface area contributed by atoms with Gasteiger partial charge in [0, 0.05) is 23.9 Å². The van der Waals surface area contributed by atoms with Gasteiger partial charge < -0.3 is 18.8 Å². The second-order valence-electron chi connectivity index (χ2n) is 7.92. The quantitative estimate of drug-likeness (QED) is 0.365. The fraction of sp³-hybridized carbons (Fsp3) is 0.522. The van der Waals surface area contributed by atoms with Crippen LogP contribution in [-0.4, -0.2) is 41.3 Å². The number of carbonyl (C=O) groups is 1. The Hall–Kier alpha value is -2.83. The normalized spacial score (nSPS) is 13.1. The number of ether oxygens (including phenoxy) is 2. The topological polar surface area (TPSA) is 77.7 Å². The molecule has 164 valence electrons. The summed E-state index contributed by atoms with van der Waals surface area (Å²) in [5, 5.41) is 8.20. The van der Waals surface area contributed by atoms with Crippen molar-refractivity contribution in [3.05, 3.63) is 42.0 Å². The third kappa shape index (κ3) is 6.34. The summed E-state index contributed by atoms with van der Waals surface area (Å²) in [5.41, 5.74) is 0.501. The van der Waals surface area contributed by atoms with Crippen LogP contribution in [0, 0.1) is 5.41 Å². The van der Waals surface area contributed by atoms with Crippen molar-refractivity contribution in [1.29, 1.82) is 0 Å². The fourth-order valence-corrected chi connectivity index (χ4v) is 3.04. The van der Waals surface area contributed by atoms with Gasteiger partial charge in [0.05, 0.1) is 19.4 Å². The van der Waals surface area contributed by atoms with Gasteiger partial charge in [-0.1, -0.05) is 33.8 Å². The van der Waals surface area contributed by atoms with Crippen LogP contribution in [0.5, 0.6) is 5.75 Å². The van der Waals surface area contributed by atoms with Crippen molar-refractivity contribution < 1.29 is 18.7 Å². The number of hydrogen-bond donors (Lipinski definition) is 0. The minimum atomic E-state index is -0.265. The molecule has 2 rings (SSSR count). The zero-order valence-electron chi connectivity index (χ0n) is 18.8. The molecule has 0 radical (unpaired) electrons. The van der Waals surface area contributed by atoms with Crippen LogP contribution >= 0.6 is 0 Å². The van der Waals surface area contributed by atoms with E-state index < -0.39 is 0 Å². The number of rotatable bonds is 12. The summed E-state index contributed by atoms with van der Waals surface area (Å²) >= 11 is 0. The molecule has 30 heavy (non-hydrogen) atoms. The van der Waals surface area contributed by atoms with Gasteiger partial charge in [-0.3, -0.25) is 4.79 Å². The summed E-state index contributed by atoms with van der Waals surface area (Å²) in [4.78, 5) is 13.4. The predicted octanol–water partition coefficient (Wildman–Crippen LogP) is 4.84. The standard InChI is InChI=1S/C23H33N3O4/c1-7-10-19(8-2)29-17(3)23(4,5)15-26(16-27)14-21-24-25-22(30-21)18-11-9-12-20(13-18)28-6/h9-13,16-17H,7-8,14-15H2,1-6H3/b19-10+. The number of amides is 1. The van der Waals surface area contributed by atoms with Crippen molar-refractivity contribution in [2.45, 2.75) is 60.1 Å². The molecule has 7 nitrogen and oxygen atoms in total. The second-order valence-corrected chi connectivity index (χ2v) is 7.92. The Labute approximate surface area is 179 Å². The second kappa shape index (κ2) is 10.8. The van der Waals surface area contributed by atoms with E-state index in [1.165, 1.54) is 0 Å². The molecule has 1 aromatic carbocycles. The zero-order chi connectivity index (χ0) is 22.1. The molecular weight excluding hydrogens is 382 g/mol. The monoisotopic (exact) mass is 415 g/mol. The maximum absolute atomic E-state index is 11.7. The van der Waals surface area contributed by atoms with Crippen molar-refractivity contribution >= 4 is 6.41 Å². The molecule has 7 heteroatoms. The largest absolute Gasteiger partial charge is 0.497 e. The minimum absolute atomic E-state index is 0.0623. The Kier molecular flexibility index (Phi) is 8.45. The van der Waals surface area contributed by atoms with E-state index in [1.54, 1.807) is 12.0 Å². The SMILES string of the molecule is CC/C=C(\CC)OC(C)C(C)(C)CN(C=O)Cc1nnc(-c2cccc(OC)c2)o1. The van der Waals surface area contributed by atoms with Crippen LogP contribution < -0.4 is 4.74 Å². The number of carbonyl (C=O) groups excluding carboxylic acids is 1. The Bertz CT molecular complexity index is 844. The van der Waals surface area contributed by atoms with Crippen molar-refractivity contribution in [3.63, 3.8) is 0 Å². The Morgan fingerprint density at radius 1 is 1.30 bits per heavy atom. The van der Waals surface area contributed by atoms with E-state index in [9.17, 15) is 4.79 Å². The van der Waals surface area contributed by atoms with Gasteiger partial charge in [-0.25, -0.2) is 0 Å².